The molecule has 0 radical (unpaired) electrons. The Morgan fingerprint density at radius 1 is 1.33 bits per heavy atom. The smallest absolute Gasteiger partial charge is 0.193 e. The first-order valence-corrected chi connectivity index (χ1v) is 4.12. The van der Waals surface area contributed by atoms with E-state index in [0.29, 0.717) is 0 Å². The van der Waals surface area contributed by atoms with Gasteiger partial charge in [0, 0.05) is 20.1 Å². The molecule has 1 unspecified atom stereocenters. The van der Waals surface area contributed by atoms with Crippen molar-refractivity contribution in [1.29, 1.82) is 0 Å². The molecule has 2 nitrogen and oxygen atoms in total. The molecule has 0 spiro atoms. The van der Waals surface area contributed by atoms with Crippen LogP contribution >= 0.6 is 0 Å². The Labute approximate surface area is 73.9 Å². The Balaban J connectivity index is 2.94. The minimum absolute atomic E-state index is 0.260. The maximum Gasteiger partial charge on any atom is 0.193 e. The highest BCUT2D eigenvalue weighted by atomic mass is 16.7. The number of hydrogen-bond acceptors (Lipinski definition) is 2. The third-order valence-corrected chi connectivity index (χ3v) is 2.35. The summed E-state index contributed by atoms with van der Waals surface area (Å²) in [6, 6.07) is 0. The number of allylic oxidation sites excluding steroid dienone is 2. The highest BCUT2D eigenvalue weighted by Crippen LogP contribution is 2.30. The predicted octanol–water partition coefficient (Wildman–Crippen LogP) is 2.13. The Morgan fingerprint density at radius 2 is 1.92 bits per heavy atom. The lowest BCUT2D eigenvalue weighted by atomic mass is 9.92. The van der Waals surface area contributed by atoms with E-state index in [-0.39, 0.29) is 5.92 Å². The molecule has 0 fully saturated rings. The second kappa shape index (κ2) is 3.42. The topological polar surface area (TPSA) is 18.5 Å². The van der Waals surface area contributed by atoms with Gasteiger partial charge in [-0.15, -0.1) is 0 Å². The first kappa shape index (κ1) is 9.49. The van der Waals surface area contributed by atoms with Crippen molar-refractivity contribution < 1.29 is 9.47 Å². The zero-order chi connectivity index (χ0) is 9.19. The molecule has 1 aliphatic rings. The molecule has 2 heteroatoms. The Kier molecular flexibility index (Phi) is 2.70. The van der Waals surface area contributed by atoms with Crippen molar-refractivity contribution in [3.05, 3.63) is 23.8 Å². The number of hydrogen-bond donors (Lipinski definition) is 0. The molecular formula is C10H16O2. The van der Waals surface area contributed by atoms with Crippen molar-refractivity contribution in [3.63, 3.8) is 0 Å². The van der Waals surface area contributed by atoms with Crippen LogP contribution in [0.3, 0.4) is 0 Å². The number of rotatable bonds is 2. The van der Waals surface area contributed by atoms with Crippen LogP contribution in [0.25, 0.3) is 0 Å². The second-order valence-corrected chi connectivity index (χ2v) is 3.17. The van der Waals surface area contributed by atoms with E-state index in [1.165, 1.54) is 5.57 Å². The molecule has 0 aromatic heterocycles. The maximum atomic E-state index is 5.36. The summed E-state index contributed by atoms with van der Waals surface area (Å²) in [5.74, 6) is -0.296. The zero-order valence-electron chi connectivity index (χ0n) is 8.13. The molecule has 1 atom stereocenters. The van der Waals surface area contributed by atoms with Gasteiger partial charge in [-0.05, 0) is 13.0 Å². The first-order chi connectivity index (χ1) is 5.64. The van der Waals surface area contributed by atoms with Gasteiger partial charge in [0.05, 0.1) is 0 Å². The zero-order valence-corrected chi connectivity index (χ0v) is 8.13. The minimum atomic E-state index is -0.557. The summed E-state index contributed by atoms with van der Waals surface area (Å²) in [6.45, 7) is 4.11. The van der Waals surface area contributed by atoms with E-state index >= 15 is 0 Å². The van der Waals surface area contributed by atoms with E-state index in [4.69, 9.17) is 9.47 Å². The average Bonchev–Trinajstić information content (AvgIpc) is 2.09. The van der Waals surface area contributed by atoms with E-state index in [1.54, 1.807) is 14.2 Å². The van der Waals surface area contributed by atoms with Crippen LogP contribution < -0.4 is 0 Å². The van der Waals surface area contributed by atoms with Crippen molar-refractivity contribution in [2.75, 3.05) is 14.2 Å². The van der Waals surface area contributed by atoms with E-state index in [1.807, 2.05) is 13.0 Å². The average molecular weight is 168 g/mol. The SMILES string of the molecule is COC1(OC)C=C(C)C=CC1C. The van der Waals surface area contributed by atoms with Gasteiger partial charge in [0.25, 0.3) is 0 Å². The second-order valence-electron chi connectivity index (χ2n) is 3.17. The van der Waals surface area contributed by atoms with Crippen LogP contribution in [0.5, 0.6) is 0 Å². The van der Waals surface area contributed by atoms with Crippen LogP contribution in [0, 0.1) is 5.92 Å². The van der Waals surface area contributed by atoms with E-state index < -0.39 is 5.79 Å². The summed E-state index contributed by atoms with van der Waals surface area (Å²) < 4.78 is 10.7. The van der Waals surface area contributed by atoms with Crippen LogP contribution in [-0.2, 0) is 9.47 Å². The third-order valence-electron chi connectivity index (χ3n) is 2.35. The normalized spacial score (nSPS) is 27.0. The molecule has 0 N–H and O–H groups in total. The Morgan fingerprint density at radius 3 is 2.33 bits per heavy atom. The quantitative estimate of drug-likeness (QED) is 0.588. The standard InChI is InChI=1S/C10H16O2/c1-8-5-6-9(2)10(7-8,11-3)12-4/h5-7,9H,1-4H3. The molecule has 0 saturated carbocycles. The molecule has 1 rings (SSSR count). The lowest BCUT2D eigenvalue weighted by Gasteiger charge is -2.34. The maximum absolute atomic E-state index is 5.36. The molecule has 0 saturated heterocycles. The van der Waals surface area contributed by atoms with Gasteiger partial charge in [0.15, 0.2) is 5.79 Å². The van der Waals surface area contributed by atoms with E-state index in [9.17, 15) is 0 Å². The summed E-state index contributed by atoms with van der Waals surface area (Å²) in [6.07, 6.45) is 6.20. The summed E-state index contributed by atoms with van der Waals surface area (Å²) in [5, 5.41) is 0. The Bertz CT molecular complexity index is 212. The van der Waals surface area contributed by atoms with Crippen LogP contribution in [-0.4, -0.2) is 20.0 Å². The van der Waals surface area contributed by atoms with Crippen LogP contribution in [0.2, 0.25) is 0 Å². The van der Waals surface area contributed by atoms with Gasteiger partial charge < -0.3 is 9.47 Å². The van der Waals surface area contributed by atoms with Crippen LogP contribution in [0.1, 0.15) is 13.8 Å². The molecule has 0 aromatic carbocycles. The molecule has 0 heterocycles. The van der Waals surface area contributed by atoms with Gasteiger partial charge in [-0.1, -0.05) is 24.6 Å². The van der Waals surface area contributed by atoms with Gasteiger partial charge in [-0.25, -0.2) is 0 Å². The molecule has 1 aliphatic carbocycles. The van der Waals surface area contributed by atoms with Gasteiger partial charge >= 0.3 is 0 Å². The third kappa shape index (κ3) is 1.45. The summed E-state index contributed by atoms with van der Waals surface area (Å²) in [4.78, 5) is 0. The van der Waals surface area contributed by atoms with E-state index in [2.05, 4.69) is 19.1 Å². The number of methoxy groups -OCH3 is 2. The molecular weight excluding hydrogens is 152 g/mol. The van der Waals surface area contributed by atoms with Crippen molar-refractivity contribution in [2.45, 2.75) is 19.6 Å². The number of ether oxygens (including phenoxy) is 2. The molecule has 12 heavy (non-hydrogen) atoms. The van der Waals surface area contributed by atoms with E-state index in [0.717, 1.165) is 0 Å². The molecule has 0 aliphatic heterocycles. The van der Waals surface area contributed by atoms with Crippen LogP contribution in [0.4, 0.5) is 0 Å². The fraction of sp³-hybridized carbons (Fsp3) is 0.600. The van der Waals surface area contributed by atoms with Gasteiger partial charge in [0.2, 0.25) is 0 Å². The molecule has 0 aromatic rings. The van der Waals surface area contributed by atoms with Crippen molar-refractivity contribution in [3.8, 4) is 0 Å². The molecule has 68 valence electrons. The monoisotopic (exact) mass is 168 g/mol. The fourth-order valence-corrected chi connectivity index (χ4v) is 1.50. The predicted molar refractivity (Wildman–Crippen MR) is 48.8 cm³/mol. The molecule has 0 bridgehead atoms. The largest absolute Gasteiger partial charge is 0.349 e. The van der Waals surface area contributed by atoms with Crippen LogP contribution in [0.15, 0.2) is 23.8 Å². The van der Waals surface area contributed by atoms with Crippen molar-refractivity contribution >= 4 is 0 Å². The highest BCUT2D eigenvalue weighted by Gasteiger charge is 2.34. The lowest BCUT2D eigenvalue weighted by Crippen LogP contribution is -2.39. The highest BCUT2D eigenvalue weighted by molar-refractivity contribution is 5.26. The summed E-state index contributed by atoms with van der Waals surface area (Å²) in [5.41, 5.74) is 1.18. The summed E-state index contributed by atoms with van der Waals surface area (Å²) >= 11 is 0. The fourth-order valence-electron chi connectivity index (χ4n) is 1.50. The van der Waals surface area contributed by atoms with Gasteiger partial charge in [-0.3, -0.25) is 0 Å². The van der Waals surface area contributed by atoms with Crippen molar-refractivity contribution in [2.24, 2.45) is 5.92 Å². The van der Waals surface area contributed by atoms with Gasteiger partial charge in [-0.2, -0.15) is 0 Å². The summed E-state index contributed by atoms with van der Waals surface area (Å²) in [7, 11) is 3.34. The lowest BCUT2D eigenvalue weighted by molar-refractivity contribution is -0.192. The first-order valence-electron chi connectivity index (χ1n) is 4.12. The van der Waals surface area contributed by atoms with Crippen molar-refractivity contribution in [1.82, 2.24) is 0 Å². The minimum Gasteiger partial charge on any atom is -0.349 e. The molecule has 0 amide bonds. The Hall–Kier alpha value is -0.600. The van der Waals surface area contributed by atoms with Gasteiger partial charge in [0.1, 0.15) is 0 Å².